The molecule has 2 N–H and O–H groups in total. The number of nitro groups is 2. The summed E-state index contributed by atoms with van der Waals surface area (Å²) in [7, 11) is 0. The summed E-state index contributed by atoms with van der Waals surface area (Å²) in [6.07, 6.45) is 1.18. The van der Waals surface area contributed by atoms with Crippen molar-refractivity contribution in [3.63, 3.8) is 0 Å². The average Bonchev–Trinajstić information content (AvgIpc) is 2.78. The van der Waals surface area contributed by atoms with Crippen LogP contribution in [0.1, 0.15) is 30.7 Å². The van der Waals surface area contributed by atoms with Gasteiger partial charge in [-0.3, -0.25) is 29.9 Å². The average molecular weight is 431 g/mol. The fourth-order valence-corrected chi connectivity index (χ4v) is 4.32. The van der Waals surface area contributed by atoms with Crippen LogP contribution >= 0.6 is 0 Å². The van der Waals surface area contributed by atoms with Crippen LogP contribution in [-0.4, -0.2) is 15.6 Å². The van der Waals surface area contributed by atoms with Crippen LogP contribution in [-0.2, 0) is 4.79 Å². The zero-order valence-electron chi connectivity index (χ0n) is 16.7. The minimum atomic E-state index is -0.887. The number of nitriles is 1. The van der Waals surface area contributed by atoms with Gasteiger partial charge in [-0.05, 0) is 24.5 Å². The Hall–Kier alpha value is -4.52. The van der Waals surface area contributed by atoms with Crippen LogP contribution in [0.3, 0.4) is 0 Å². The van der Waals surface area contributed by atoms with Crippen LogP contribution in [0.25, 0.3) is 0 Å². The van der Waals surface area contributed by atoms with Crippen LogP contribution in [0.4, 0.5) is 17.1 Å². The number of anilines is 1. The lowest BCUT2D eigenvalue weighted by molar-refractivity contribution is -0.384. The van der Waals surface area contributed by atoms with E-state index in [-0.39, 0.29) is 40.7 Å². The van der Waals surface area contributed by atoms with E-state index in [9.17, 15) is 30.3 Å². The van der Waals surface area contributed by atoms with Gasteiger partial charge in [-0.1, -0.05) is 24.3 Å². The Balaban J connectivity index is 2.00. The number of carbonyl (C=O) groups is 1. The quantitative estimate of drug-likeness (QED) is 0.565. The predicted octanol–water partition coefficient (Wildman–Crippen LogP) is 3.81. The molecule has 0 spiro atoms. The zero-order chi connectivity index (χ0) is 23.0. The molecule has 1 aliphatic carbocycles. The third-order valence-electron chi connectivity index (χ3n) is 5.65. The summed E-state index contributed by atoms with van der Waals surface area (Å²) in [5, 5.41) is 32.9. The molecule has 2 aromatic carbocycles. The van der Waals surface area contributed by atoms with Crippen molar-refractivity contribution in [2.75, 3.05) is 4.90 Å². The Kier molecular flexibility index (Phi) is 5.16. The highest BCUT2D eigenvalue weighted by Gasteiger charge is 2.41. The van der Waals surface area contributed by atoms with Crippen molar-refractivity contribution in [2.24, 2.45) is 5.73 Å². The molecular weight excluding hydrogens is 414 g/mol. The van der Waals surface area contributed by atoms with Crippen molar-refractivity contribution in [3.05, 3.63) is 97.0 Å². The maximum absolute atomic E-state index is 13.1. The van der Waals surface area contributed by atoms with Gasteiger partial charge in [0.15, 0.2) is 5.78 Å². The third kappa shape index (κ3) is 3.26. The molecule has 1 aliphatic heterocycles. The fourth-order valence-electron chi connectivity index (χ4n) is 4.32. The van der Waals surface area contributed by atoms with Gasteiger partial charge in [0.1, 0.15) is 11.5 Å². The molecule has 160 valence electrons. The lowest BCUT2D eigenvalue weighted by atomic mass is 9.75. The molecule has 2 aromatic rings. The maximum Gasteiger partial charge on any atom is 0.293 e. The van der Waals surface area contributed by atoms with Gasteiger partial charge in [-0.25, -0.2) is 0 Å². The molecule has 2 aliphatic rings. The molecule has 0 radical (unpaired) electrons. The molecule has 0 unspecified atom stereocenters. The lowest BCUT2D eigenvalue weighted by Gasteiger charge is -2.39. The van der Waals surface area contributed by atoms with Crippen LogP contribution in [0.2, 0.25) is 0 Å². The summed E-state index contributed by atoms with van der Waals surface area (Å²) in [6, 6.07) is 13.7. The summed E-state index contributed by atoms with van der Waals surface area (Å²) in [5.74, 6) is -1.14. The molecule has 0 amide bonds. The number of nitro benzene ring substituents is 2. The van der Waals surface area contributed by atoms with Gasteiger partial charge in [-0.15, -0.1) is 0 Å². The van der Waals surface area contributed by atoms with Gasteiger partial charge in [0, 0.05) is 35.9 Å². The number of ketones is 1. The molecule has 0 fully saturated rings. The molecule has 32 heavy (non-hydrogen) atoms. The van der Waals surface area contributed by atoms with Crippen LogP contribution in [0, 0.1) is 31.6 Å². The highest BCUT2D eigenvalue weighted by atomic mass is 16.6. The molecule has 0 aromatic heterocycles. The van der Waals surface area contributed by atoms with E-state index in [4.69, 9.17) is 5.73 Å². The van der Waals surface area contributed by atoms with Gasteiger partial charge >= 0.3 is 0 Å². The highest BCUT2D eigenvalue weighted by molar-refractivity contribution is 6.01. The zero-order valence-corrected chi connectivity index (χ0v) is 16.7. The molecule has 0 bridgehead atoms. The number of benzene rings is 2. The summed E-state index contributed by atoms with van der Waals surface area (Å²) in [5.41, 5.74) is 7.33. The van der Waals surface area contributed by atoms with Crippen LogP contribution < -0.4 is 10.6 Å². The third-order valence-corrected chi connectivity index (χ3v) is 5.65. The molecule has 1 atom stereocenters. The van der Waals surface area contributed by atoms with Crippen molar-refractivity contribution in [3.8, 4) is 6.07 Å². The second-order valence-corrected chi connectivity index (χ2v) is 7.41. The fraction of sp³-hybridized carbons (Fsp3) is 0.182. The predicted molar refractivity (Wildman–Crippen MR) is 114 cm³/mol. The Morgan fingerprint density at radius 1 is 1.06 bits per heavy atom. The van der Waals surface area contributed by atoms with E-state index in [2.05, 4.69) is 0 Å². The summed E-state index contributed by atoms with van der Waals surface area (Å²) in [4.78, 5) is 36.3. The van der Waals surface area contributed by atoms with Crippen molar-refractivity contribution in [1.29, 1.82) is 5.26 Å². The van der Waals surface area contributed by atoms with E-state index in [1.54, 1.807) is 12.1 Å². The van der Waals surface area contributed by atoms with Gasteiger partial charge in [0.2, 0.25) is 0 Å². The van der Waals surface area contributed by atoms with E-state index in [1.165, 1.54) is 41.3 Å². The Morgan fingerprint density at radius 3 is 2.50 bits per heavy atom. The first-order chi connectivity index (χ1) is 15.3. The Morgan fingerprint density at radius 2 is 1.81 bits per heavy atom. The monoisotopic (exact) mass is 431 g/mol. The molecule has 10 nitrogen and oxygen atoms in total. The number of para-hydroxylation sites is 2. The number of nitrogens with two attached hydrogens (primary N) is 1. The minimum Gasteiger partial charge on any atom is -0.384 e. The van der Waals surface area contributed by atoms with Crippen molar-refractivity contribution in [1.82, 2.24) is 0 Å². The van der Waals surface area contributed by atoms with E-state index in [0.717, 1.165) is 0 Å². The summed E-state index contributed by atoms with van der Waals surface area (Å²) < 4.78 is 0. The molecule has 1 heterocycles. The Bertz CT molecular complexity index is 1270. The topological polar surface area (TPSA) is 156 Å². The van der Waals surface area contributed by atoms with Gasteiger partial charge in [0.05, 0.1) is 27.4 Å². The molecule has 0 saturated heterocycles. The van der Waals surface area contributed by atoms with Gasteiger partial charge in [0.25, 0.3) is 11.4 Å². The van der Waals surface area contributed by atoms with Crippen molar-refractivity contribution in [2.45, 2.75) is 25.2 Å². The van der Waals surface area contributed by atoms with Gasteiger partial charge < -0.3 is 5.73 Å². The highest BCUT2D eigenvalue weighted by Crippen LogP contribution is 2.48. The number of nitrogens with zero attached hydrogens (tertiary/aromatic N) is 4. The van der Waals surface area contributed by atoms with E-state index in [1.807, 2.05) is 6.07 Å². The number of carbonyl (C=O) groups excluding carboxylic acids is 1. The SMILES string of the molecule is N#CC1=C(N)N(c2ccccc2[N+](=O)[O-])C2=C(C(=O)CCC2)[C@H]1c1cccc([N+](=O)[O-])c1. The molecule has 0 saturated carbocycles. The second kappa shape index (κ2) is 7.96. The maximum atomic E-state index is 13.1. The second-order valence-electron chi connectivity index (χ2n) is 7.41. The largest absolute Gasteiger partial charge is 0.384 e. The number of non-ortho nitro benzene ring substituents is 1. The normalized spacial score (nSPS) is 18.3. The molecule has 4 rings (SSSR count). The van der Waals surface area contributed by atoms with E-state index >= 15 is 0 Å². The van der Waals surface area contributed by atoms with Crippen LogP contribution in [0.5, 0.6) is 0 Å². The minimum absolute atomic E-state index is 0.0117. The lowest BCUT2D eigenvalue weighted by Crippen LogP contribution is -2.39. The Labute approximate surface area is 182 Å². The van der Waals surface area contributed by atoms with Crippen molar-refractivity contribution >= 4 is 22.8 Å². The summed E-state index contributed by atoms with van der Waals surface area (Å²) in [6.45, 7) is 0. The van der Waals surface area contributed by atoms with E-state index < -0.39 is 15.8 Å². The number of hydrogen-bond acceptors (Lipinski definition) is 8. The first-order valence-electron chi connectivity index (χ1n) is 9.79. The molecular formula is C22H17N5O5. The molecule has 10 heteroatoms. The number of allylic oxidation sites excluding steroid dienone is 3. The standard InChI is InChI=1S/C22H17N5O5/c23-12-15-20(13-5-3-6-14(11-13)26(29)30)21-18(9-4-10-19(21)28)25(22(15)24)16-7-1-2-8-17(16)27(31)32/h1-3,5-8,11,20H,4,9-10,24H2/t20-/m0/s1. The summed E-state index contributed by atoms with van der Waals surface area (Å²) >= 11 is 0. The number of rotatable bonds is 4. The number of hydrogen-bond donors (Lipinski definition) is 1. The van der Waals surface area contributed by atoms with Crippen molar-refractivity contribution < 1.29 is 14.6 Å². The number of Topliss-reactive ketones (excluding diaryl/α,β-unsaturated/α-hetero) is 1. The van der Waals surface area contributed by atoms with E-state index in [0.29, 0.717) is 29.7 Å². The smallest absolute Gasteiger partial charge is 0.293 e. The first-order valence-corrected chi connectivity index (χ1v) is 9.79. The van der Waals surface area contributed by atoms with Crippen LogP contribution in [0.15, 0.2) is 71.2 Å². The first kappa shape index (κ1) is 20.7. The van der Waals surface area contributed by atoms with Gasteiger partial charge in [-0.2, -0.15) is 5.26 Å².